The standard InChI is InChI=1S/C11H17N9/c12-19-10-16-9(14-5-8-3-1-2-4-8)17-11(18-10)20-7-13-6-15-20/h6-8H,1-5,12H2,(H2,14,16,17,18,19). The molecule has 0 atom stereocenters. The van der Waals surface area contributed by atoms with Gasteiger partial charge in [-0.15, -0.1) is 0 Å². The molecule has 1 fully saturated rings. The van der Waals surface area contributed by atoms with E-state index in [4.69, 9.17) is 5.84 Å². The largest absolute Gasteiger partial charge is 0.354 e. The van der Waals surface area contributed by atoms with Gasteiger partial charge >= 0.3 is 0 Å². The minimum Gasteiger partial charge on any atom is -0.354 e. The topological polar surface area (TPSA) is 119 Å². The first-order chi connectivity index (χ1) is 9.85. The van der Waals surface area contributed by atoms with Crippen LogP contribution in [-0.2, 0) is 0 Å². The summed E-state index contributed by atoms with van der Waals surface area (Å²) >= 11 is 0. The molecule has 1 aliphatic carbocycles. The average Bonchev–Trinajstić information content (AvgIpc) is 3.17. The number of hydrazine groups is 1. The number of nitrogens with one attached hydrogen (secondary N) is 2. The second-order valence-corrected chi connectivity index (χ2v) is 4.80. The van der Waals surface area contributed by atoms with E-state index in [0.29, 0.717) is 23.8 Å². The number of anilines is 2. The predicted molar refractivity (Wildman–Crippen MR) is 73.0 cm³/mol. The van der Waals surface area contributed by atoms with Gasteiger partial charge in [0, 0.05) is 6.54 Å². The molecule has 0 aromatic carbocycles. The maximum atomic E-state index is 5.38. The summed E-state index contributed by atoms with van der Waals surface area (Å²) in [7, 11) is 0. The van der Waals surface area contributed by atoms with Gasteiger partial charge in [-0.2, -0.15) is 24.7 Å². The molecule has 9 heteroatoms. The monoisotopic (exact) mass is 275 g/mol. The van der Waals surface area contributed by atoms with Gasteiger partial charge in [-0.25, -0.2) is 10.8 Å². The number of hydrogen-bond donors (Lipinski definition) is 3. The summed E-state index contributed by atoms with van der Waals surface area (Å²) < 4.78 is 1.46. The number of nitrogens with two attached hydrogens (primary N) is 1. The first-order valence-corrected chi connectivity index (χ1v) is 6.67. The van der Waals surface area contributed by atoms with E-state index in [2.05, 4.69) is 35.8 Å². The molecule has 0 amide bonds. The molecule has 2 heterocycles. The molecule has 0 saturated heterocycles. The van der Waals surface area contributed by atoms with Crippen LogP contribution in [0, 0.1) is 5.92 Å². The van der Waals surface area contributed by atoms with Gasteiger partial charge < -0.3 is 5.32 Å². The van der Waals surface area contributed by atoms with Crippen LogP contribution in [0.1, 0.15) is 25.7 Å². The molecule has 0 radical (unpaired) electrons. The highest BCUT2D eigenvalue weighted by atomic mass is 15.4. The van der Waals surface area contributed by atoms with Crippen LogP contribution in [0.2, 0.25) is 0 Å². The first-order valence-electron chi connectivity index (χ1n) is 6.67. The SMILES string of the molecule is NNc1nc(NCC2CCCC2)nc(-n2cncn2)n1. The molecule has 1 aliphatic rings. The van der Waals surface area contributed by atoms with Gasteiger partial charge in [0.25, 0.3) is 5.95 Å². The molecule has 1 saturated carbocycles. The van der Waals surface area contributed by atoms with Crippen LogP contribution >= 0.6 is 0 Å². The molecule has 20 heavy (non-hydrogen) atoms. The Bertz CT molecular complexity index is 547. The van der Waals surface area contributed by atoms with E-state index >= 15 is 0 Å². The molecule has 2 aromatic rings. The van der Waals surface area contributed by atoms with E-state index < -0.39 is 0 Å². The lowest BCUT2D eigenvalue weighted by molar-refractivity contribution is 0.577. The van der Waals surface area contributed by atoms with Crippen LogP contribution < -0.4 is 16.6 Å². The van der Waals surface area contributed by atoms with Crippen molar-refractivity contribution in [1.82, 2.24) is 29.7 Å². The third-order valence-electron chi connectivity index (χ3n) is 3.40. The van der Waals surface area contributed by atoms with E-state index in [-0.39, 0.29) is 0 Å². The Labute approximate surface area is 116 Å². The zero-order valence-electron chi connectivity index (χ0n) is 11.0. The summed E-state index contributed by atoms with van der Waals surface area (Å²) in [6.07, 6.45) is 8.08. The van der Waals surface area contributed by atoms with Crippen molar-refractivity contribution in [3.05, 3.63) is 12.7 Å². The smallest absolute Gasteiger partial charge is 0.258 e. The molecule has 2 aromatic heterocycles. The third-order valence-corrected chi connectivity index (χ3v) is 3.40. The Morgan fingerprint density at radius 1 is 1.20 bits per heavy atom. The molecule has 0 aliphatic heterocycles. The lowest BCUT2D eigenvalue weighted by Gasteiger charge is -2.11. The summed E-state index contributed by atoms with van der Waals surface area (Å²) in [5.74, 6) is 7.23. The summed E-state index contributed by atoms with van der Waals surface area (Å²) in [6.45, 7) is 0.866. The van der Waals surface area contributed by atoms with Crippen molar-refractivity contribution in [2.45, 2.75) is 25.7 Å². The summed E-state index contributed by atoms with van der Waals surface area (Å²) in [6, 6.07) is 0. The Kier molecular flexibility index (Phi) is 3.68. The minimum atomic E-state index is 0.291. The van der Waals surface area contributed by atoms with Gasteiger partial charge in [-0.3, -0.25) is 5.43 Å². The van der Waals surface area contributed by atoms with Gasteiger partial charge in [-0.05, 0) is 18.8 Å². The quantitative estimate of drug-likeness (QED) is 0.528. The van der Waals surface area contributed by atoms with Gasteiger partial charge in [0.1, 0.15) is 12.7 Å². The van der Waals surface area contributed by atoms with Crippen molar-refractivity contribution in [2.24, 2.45) is 11.8 Å². The third kappa shape index (κ3) is 2.82. The zero-order valence-corrected chi connectivity index (χ0v) is 11.0. The fourth-order valence-electron chi connectivity index (χ4n) is 2.37. The van der Waals surface area contributed by atoms with Crippen molar-refractivity contribution in [2.75, 3.05) is 17.3 Å². The van der Waals surface area contributed by atoms with Crippen molar-refractivity contribution in [3.8, 4) is 5.95 Å². The minimum absolute atomic E-state index is 0.291. The van der Waals surface area contributed by atoms with E-state index in [0.717, 1.165) is 6.54 Å². The maximum Gasteiger partial charge on any atom is 0.258 e. The van der Waals surface area contributed by atoms with Crippen LogP contribution in [0.3, 0.4) is 0 Å². The van der Waals surface area contributed by atoms with Crippen molar-refractivity contribution in [1.29, 1.82) is 0 Å². The summed E-state index contributed by atoms with van der Waals surface area (Å²) in [5, 5.41) is 7.24. The lowest BCUT2D eigenvalue weighted by atomic mass is 10.1. The van der Waals surface area contributed by atoms with Crippen LogP contribution in [0.15, 0.2) is 12.7 Å². The van der Waals surface area contributed by atoms with Gasteiger partial charge in [0.2, 0.25) is 11.9 Å². The maximum absolute atomic E-state index is 5.38. The van der Waals surface area contributed by atoms with Crippen LogP contribution in [0.4, 0.5) is 11.9 Å². The predicted octanol–water partition coefficient (Wildman–Crippen LogP) is 0.340. The number of hydrogen-bond acceptors (Lipinski definition) is 8. The second kappa shape index (κ2) is 5.78. The van der Waals surface area contributed by atoms with E-state index in [1.165, 1.54) is 43.0 Å². The molecular formula is C11H17N9. The Hall–Kier alpha value is -2.29. The van der Waals surface area contributed by atoms with Crippen LogP contribution in [0.5, 0.6) is 0 Å². The molecule has 106 valence electrons. The molecule has 0 bridgehead atoms. The number of nitrogens with zero attached hydrogens (tertiary/aromatic N) is 6. The molecule has 0 spiro atoms. The van der Waals surface area contributed by atoms with Crippen LogP contribution in [0.25, 0.3) is 5.95 Å². The van der Waals surface area contributed by atoms with Crippen molar-refractivity contribution in [3.63, 3.8) is 0 Å². The summed E-state index contributed by atoms with van der Waals surface area (Å²) in [4.78, 5) is 16.5. The van der Waals surface area contributed by atoms with E-state index in [9.17, 15) is 0 Å². The highest BCUT2D eigenvalue weighted by Gasteiger charge is 2.15. The Morgan fingerprint density at radius 2 is 2.00 bits per heavy atom. The molecule has 0 unspecified atom stereocenters. The van der Waals surface area contributed by atoms with Gasteiger partial charge in [0.05, 0.1) is 0 Å². The highest BCUT2D eigenvalue weighted by molar-refractivity contribution is 5.36. The molecule has 4 N–H and O–H groups in total. The lowest BCUT2D eigenvalue weighted by Crippen LogP contribution is -2.18. The van der Waals surface area contributed by atoms with Crippen LogP contribution in [-0.4, -0.2) is 36.3 Å². The number of aromatic nitrogens is 6. The Balaban J connectivity index is 1.77. The molecule has 9 nitrogen and oxygen atoms in total. The van der Waals surface area contributed by atoms with Gasteiger partial charge in [0.15, 0.2) is 0 Å². The zero-order chi connectivity index (χ0) is 13.8. The highest BCUT2D eigenvalue weighted by Crippen LogP contribution is 2.24. The molecule has 3 rings (SSSR count). The molecular weight excluding hydrogens is 258 g/mol. The normalized spacial score (nSPS) is 15.4. The fourth-order valence-corrected chi connectivity index (χ4v) is 2.37. The van der Waals surface area contributed by atoms with Crippen molar-refractivity contribution < 1.29 is 0 Å². The number of rotatable bonds is 5. The first kappa shape index (κ1) is 12.7. The van der Waals surface area contributed by atoms with Gasteiger partial charge in [-0.1, -0.05) is 12.8 Å². The van der Waals surface area contributed by atoms with E-state index in [1.807, 2.05) is 0 Å². The van der Waals surface area contributed by atoms with Crippen molar-refractivity contribution >= 4 is 11.9 Å². The van der Waals surface area contributed by atoms with E-state index in [1.54, 1.807) is 0 Å². The fraction of sp³-hybridized carbons (Fsp3) is 0.545. The number of nitrogen functional groups attached to an aromatic ring is 1. The summed E-state index contributed by atoms with van der Waals surface area (Å²) in [5.41, 5.74) is 2.43. The average molecular weight is 275 g/mol. The Morgan fingerprint density at radius 3 is 2.70 bits per heavy atom. The second-order valence-electron chi connectivity index (χ2n) is 4.80.